The number of nitrogens with zero attached hydrogens (tertiary/aromatic N) is 2. The molecular formula is C11H17N3O2. The third kappa shape index (κ3) is 4.25. The molecule has 5 nitrogen and oxygen atoms in total. The Balaban J connectivity index is 2.52. The van der Waals surface area contributed by atoms with E-state index in [0.717, 1.165) is 0 Å². The molecule has 0 saturated carbocycles. The molecule has 0 aliphatic rings. The van der Waals surface area contributed by atoms with Crippen LogP contribution in [0.1, 0.15) is 39.4 Å². The molecule has 88 valence electrons. The summed E-state index contributed by atoms with van der Waals surface area (Å²) in [5, 5.41) is 2.69. The average molecular weight is 223 g/mol. The number of carbonyl (C=O) groups is 1. The molecule has 5 heteroatoms. The Morgan fingerprint density at radius 2 is 2.12 bits per heavy atom. The van der Waals surface area contributed by atoms with Crippen LogP contribution in [0.2, 0.25) is 0 Å². The topological polar surface area (TPSA) is 64.1 Å². The second kappa shape index (κ2) is 4.92. The van der Waals surface area contributed by atoms with Gasteiger partial charge < -0.3 is 10.1 Å². The number of carbonyl (C=O) groups excluding carboxylic acids is 1. The van der Waals surface area contributed by atoms with E-state index in [4.69, 9.17) is 4.74 Å². The summed E-state index contributed by atoms with van der Waals surface area (Å²) in [6.07, 6.45) is 4.33. The number of hydrogen-bond donors (Lipinski definition) is 1. The molecule has 1 aromatic heterocycles. The minimum absolute atomic E-state index is 0.219. The van der Waals surface area contributed by atoms with Crippen LogP contribution in [0.25, 0.3) is 0 Å². The number of alkyl carbamates (subject to hydrolysis) is 1. The molecule has 0 saturated heterocycles. The summed E-state index contributed by atoms with van der Waals surface area (Å²) in [7, 11) is 0. The largest absolute Gasteiger partial charge is 0.444 e. The molecule has 1 atom stereocenters. The number of rotatable bonds is 2. The predicted octanol–water partition coefficient (Wildman–Crippen LogP) is 2.06. The lowest BCUT2D eigenvalue weighted by atomic mass is 10.2. The van der Waals surface area contributed by atoms with Crippen molar-refractivity contribution in [3.8, 4) is 0 Å². The first-order chi connectivity index (χ1) is 7.38. The van der Waals surface area contributed by atoms with Gasteiger partial charge in [0, 0.05) is 12.4 Å². The van der Waals surface area contributed by atoms with Crippen LogP contribution in [0.3, 0.4) is 0 Å². The van der Waals surface area contributed by atoms with E-state index in [-0.39, 0.29) is 6.04 Å². The summed E-state index contributed by atoms with van der Waals surface area (Å²) in [4.78, 5) is 19.5. The van der Waals surface area contributed by atoms with Crippen LogP contribution in [0, 0.1) is 0 Å². The molecule has 1 amide bonds. The van der Waals surface area contributed by atoms with Gasteiger partial charge in [0.25, 0.3) is 0 Å². The van der Waals surface area contributed by atoms with E-state index in [9.17, 15) is 4.79 Å². The number of amides is 1. The zero-order valence-corrected chi connectivity index (χ0v) is 10.0. The molecule has 0 radical (unpaired) electrons. The Morgan fingerprint density at radius 3 is 2.62 bits per heavy atom. The lowest BCUT2D eigenvalue weighted by Crippen LogP contribution is -2.34. The molecule has 1 aromatic rings. The highest BCUT2D eigenvalue weighted by atomic mass is 16.6. The normalized spacial score (nSPS) is 13.0. The highest BCUT2D eigenvalue weighted by Crippen LogP contribution is 2.10. The van der Waals surface area contributed by atoms with Crippen molar-refractivity contribution < 1.29 is 9.53 Å². The molecule has 0 aliphatic heterocycles. The molecule has 1 rings (SSSR count). The maximum absolute atomic E-state index is 11.5. The van der Waals surface area contributed by atoms with Crippen LogP contribution < -0.4 is 5.32 Å². The number of hydrogen-bond acceptors (Lipinski definition) is 4. The Labute approximate surface area is 95.3 Å². The Kier molecular flexibility index (Phi) is 3.82. The summed E-state index contributed by atoms with van der Waals surface area (Å²) in [5.41, 5.74) is 0.208. The standard InChI is InChI=1S/C11H17N3O2/c1-8(9-7-12-5-6-13-9)14-10(15)16-11(2,3)4/h5-8H,1-4H3,(H,14,15)/t8-/m0/s1. The Hall–Kier alpha value is -1.65. The quantitative estimate of drug-likeness (QED) is 0.833. The lowest BCUT2D eigenvalue weighted by molar-refractivity contribution is 0.0507. The van der Waals surface area contributed by atoms with Gasteiger partial charge in [-0.15, -0.1) is 0 Å². The fraction of sp³-hybridized carbons (Fsp3) is 0.545. The van der Waals surface area contributed by atoms with Crippen molar-refractivity contribution in [1.82, 2.24) is 15.3 Å². The molecular weight excluding hydrogens is 206 g/mol. The zero-order chi connectivity index (χ0) is 12.2. The summed E-state index contributed by atoms with van der Waals surface area (Å²) < 4.78 is 5.13. The molecule has 0 aromatic carbocycles. The van der Waals surface area contributed by atoms with E-state index in [1.165, 1.54) is 0 Å². The molecule has 0 unspecified atom stereocenters. The highest BCUT2D eigenvalue weighted by molar-refractivity contribution is 5.68. The lowest BCUT2D eigenvalue weighted by Gasteiger charge is -2.21. The van der Waals surface area contributed by atoms with Gasteiger partial charge in [-0.25, -0.2) is 4.79 Å². The highest BCUT2D eigenvalue weighted by Gasteiger charge is 2.18. The van der Waals surface area contributed by atoms with Crippen LogP contribution in [-0.2, 0) is 4.74 Å². The maximum atomic E-state index is 11.5. The van der Waals surface area contributed by atoms with Crippen LogP contribution in [0.15, 0.2) is 18.6 Å². The Morgan fingerprint density at radius 1 is 1.44 bits per heavy atom. The van der Waals surface area contributed by atoms with Gasteiger partial charge in [0.15, 0.2) is 0 Å². The third-order valence-electron chi connectivity index (χ3n) is 1.76. The van der Waals surface area contributed by atoms with Crippen LogP contribution in [0.5, 0.6) is 0 Å². The van der Waals surface area contributed by atoms with E-state index in [1.54, 1.807) is 18.6 Å². The SMILES string of the molecule is C[C@H](NC(=O)OC(C)(C)C)c1cnccn1. The van der Waals surface area contributed by atoms with Crippen molar-refractivity contribution >= 4 is 6.09 Å². The van der Waals surface area contributed by atoms with Crippen molar-refractivity contribution in [2.24, 2.45) is 0 Å². The monoisotopic (exact) mass is 223 g/mol. The van der Waals surface area contributed by atoms with Crippen molar-refractivity contribution in [2.75, 3.05) is 0 Å². The second-order valence-electron chi connectivity index (χ2n) is 4.50. The van der Waals surface area contributed by atoms with Crippen LogP contribution in [-0.4, -0.2) is 21.7 Å². The van der Waals surface area contributed by atoms with Crippen molar-refractivity contribution in [3.63, 3.8) is 0 Å². The molecule has 16 heavy (non-hydrogen) atoms. The fourth-order valence-electron chi connectivity index (χ4n) is 1.09. The first-order valence-electron chi connectivity index (χ1n) is 5.14. The van der Waals surface area contributed by atoms with E-state index in [1.807, 2.05) is 27.7 Å². The van der Waals surface area contributed by atoms with Gasteiger partial charge in [-0.05, 0) is 27.7 Å². The number of nitrogens with one attached hydrogen (secondary N) is 1. The van der Waals surface area contributed by atoms with E-state index < -0.39 is 11.7 Å². The minimum atomic E-state index is -0.494. The first kappa shape index (κ1) is 12.4. The number of aromatic nitrogens is 2. The van der Waals surface area contributed by atoms with E-state index in [2.05, 4.69) is 15.3 Å². The van der Waals surface area contributed by atoms with Gasteiger partial charge in [0.2, 0.25) is 0 Å². The summed E-state index contributed by atoms with van der Waals surface area (Å²) in [5.74, 6) is 0. The maximum Gasteiger partial charge on any atom is 0.408 e. The third-order valence-corrected chi connectivity index (χ3v) is 1.76. The molecule has 0 fully saturated rings. The van der Waals surface area contributed by atoms with Gasteiger partial charge in [0.1, 0.15) is 5.60 Å². The van der Waals surface area contributed by atoms with Crippen molar-refractivity contribution in [2.45, 2.75) is 39.3 Å². The molecule has 0 bridgehead atoms. The summed E-state index contributed by atoms with van der Waals surface area (Å²) in [6.45, 7) is 7.28. The molecule has 0 aliphatic carbocycles. The van der Waals surface area contributed by atoms with Gasteiger partial charge in [-0.1, -0.05) is 0 Å². The number of ether oxygens (including phenoxy) is 1. The predicted molar refractivity (Wildman–Crippen MR) is 59.8 cm³/mol. The fourth-order valence-corrected chi connectivity index (χ4v) is 1.09. The minimum Gasteiger partial charge on any atom is -0.444 e. The molecule has 1 N–H and O–H groups in total. The molecule has 0 spiro atoms. The smallest absolute Gasteiger partial charge is 0.408 e. The summed E-state index contributed by atoms with van der Waals surface area (Å²) in [6, 6.07) is -0.219. The van der Waals surface area contributed by atoms with Gasteiger partial charge >= 0.3 is 6.09 Å². The van der Waals surface area contributed by atoms with Gasteiger partial charge in [0.05, 0.1) is 17.9 Å². The average Bonchev–Trinajstić information content (AvgIpc) is 2.16. The van der Waals surface area contributed by atoms with Crippen LogP contribution >= 0.6 is 0 Å². The van der Waals surface area contributed by atoms with Crippen LogP contribution in [0.4, 0.5) is 4.79 Å². The zero-order valence-electron chi connectivity index (χ0n) is 10.0. The van der Waals surface area contributed by atoms with Crippen molar-refractivity contribution in [1.29, 1.82) is 0 Å². The van der Waals surface area contributed by atoms with Gasteiger partial charge in [-0.2, -0.15) is 0 Å². The van der Waals surface area contributed by atoms with E-state index >= 15 is 0 Å². The van der Waals surface area contributed by atoms with E-state index in [0.29, 0.717) is 5.69 Å². The van der Waals surface area contributed by atoms with Gasteiger partial charge in [-0.3, -0.25) is 9.97 Å². The Bertz CT molecular complexity index is 346. The second-order valence-corrected chi connectivity index (χ2v) is 4.50. The summed E-state index contributed by atoms with van der Waals surface area (Å²) >= 11 is 0. The molecule has 1 heterocycles. The first-order valence-corrected chi connectivity index (χ1v) is 5.14. The van der Waals surface area contributed by atoms with Crippen molar-refractivity contribution in [3.05, 3.63) is 24.3 Å².